The van der Waals surface area contributed by atoms with E-state index in [0.717, 1.165) is 16.7 Å². The Morgan fingerprint density at radius 3 is 2.48 bits per heavy atom. The van der Waals surface area contributed by atoms with E-state index in [9.17, 15) is 18.4 Å². The van der Waals surface area contributed by atoms with Crippen molar-refractivity contribution in [3.05, 3.63) is 53.3 Å². The highest BCUT2D eigenvalue weighted by atomic mass is 32.2. The van der Waals surface area contributed by atoms with E-state index < -0.39 is 17.5 Å². The Morgan fingerprint density at radius 1 is 1.10 bits per heavy atom. The Balaban J connectivity index is 2.43. The molecule has 2 aromatic rings. The lowest BCUT2D eigenvalue weighted by molar-refractivity contribution is 0.496. The SMILES string of the molecule is CCSc1cccc(Nc2cc(F)c(F)cc2F)c1C#N. The minimum atomic E-state index is -1.26. The van der Waals surface area contributed by atoms with E-state index in [4.69, 9.17) is 0 Å². The molecule has 0 radical (unpaired) electrons. The molecule has 6 heteroatoms. The third kappa shape index (κ3) is 3.31. The predicted molar refractivity (Wildman–Crippen MR) is 77.2 cm³/mol. The molecule has 0 aromatic heterocycles. The number of nitrogens with one attached hydrogen (secondary N) is 1. The van der Waals surface area contributed by atoms with E-state index in [1.54, 1.807) is 18.2 Å². The number of hydrogen-bond acceptors (Lipinski definition) is 3. The summed E-state index contributed by atoms with van der Waals surface area (Å²) in [6.45, 7) is 1.95. The lowest BCUT2D eigenvalue weighted by Gasteiger charge is -2.12. The van der Waals surface area contributed by atoms with Gasteiger partial charge in [-0.15, -0.1) is 11.8 Å². The molecule has 0 unspecified atom stereocenters. The second-order valence-electron chi connectivity index (χ2n) is 4.09. The van der Waals surface area contributed by atoms with Crippen molar-refractivity contribution in [1.29, 1.82) is 5.26 Å². The van der Waals surface area contributed by atoms with Gasteiger partial charge in [-0.2, -0.15) is 5.26 Å². The van der Waals surface area contributed by atoms with Gasteiger partial charge < -0.3 is 5.32 Å². The molecule has 0 aliphatic carbocycles. The number of thioether (sulfide) groups is 1. The minimum Gasteiger partial charge on any atom is -0.352 e. The summed E-state index contributed by atoms with van der Waals surface area (Å²) in [5.74, 6) is -2.56. The summed E-state index contributed by atoms with van der Waals surface area (Å²) in [5, 5.41) is 11.9. The van der Waals surface area contributed by atoms with Crippen molar-refractivity contribution in [2.45, 2.75) is 11.8 Å². The normalized spacial score (nSPS) is 10.2. The van der Waals surface area contributed by atoms with Crippen molar-refractivity contribution >= 4 is 23.1 Å². The Bertz CT molecular complexity index is 711. The molecule has 21 heavy (non-hydrogen) atoms. The van der Waals surface area contributed by atoms with Crippen LogP contribution in [0.1, 0.15) is 12.5 Å². The lowest BCUT2D eigenvalue weighted by atomic mass is 10.2. The monoisotopic (exact) mass is 308 g/mol. The molecule has 0 aliphatic rings. The molecule has 2 rings (SSSR count). The first kappa shape index (κ1) is 15.3. The van der Waals surface area contributed by atoms with Crippen LogP contribution in [-0.2, 0) is 0 Å². The van der Waals surface area contributed by atoms with Gasteiger partial charge in [0.2, 0.25) is 0 Å². The number of benzene rings is 2. The van der Waals surface area contributed by atoms with Gasteiger partial charge in [-0.05, 0) is 17.9 Å². The van der Waals surface area contributed by atoms with Gasteiger partial charge in [-0.25, -0.2) is 13.2 Å². The molecule has 0 amide bonds. The van der Waals surface area contributed by atoms with Gasteiger partial charge in [0.1, 0.15) is 11.9 Å². The Kier molecular flexibility index (Phi) is 4.76. The van der Waals surface area contributed by atoms with Crippen molar-refractivity contribution in [2.75, 3.05) is 11.1 Å². The molecule has 0 aliphatic heterocycles. The Hall–Kier alpha value is -2.13. The highest BCUT2D eigenvalue weighted by Crippen LogP contribution is 2.31. The fourth-order valence-electron chi connectivity index (χ4n) is 1.79. The first-order valence-electron chi connectivity index (χ1n) is 6.14. The molecule has 2 nitrogen and oxygen atoms in total. The summed E-state index contributed by atoms with van der Waals surface area (Å²) < 4.78 is 39.7. The zero-order chi connectivity index (χ0) is 15.4. The average molecular weight is 308 g/mol. The van der Waals surface area contributed by atoms with Crippen LogP contribution in [0.3, 0.4) is 0 Å². The quantitative estimate of drug-likeness (QED) is 0.649. The maximum absolute atomic E-state index is 13.6. The molecule has 0 spiro atoms. The second-order valence-corrected chi connectivity index (χ2v) is 5.40. The number of anilines is 2. The number of rotatable bonds is 4. The third-order valence-corrected chi connectivity index (χ3v) is 3.66. The van der Waals surface area contributed by atoms with Crippen molar-refractivity contribution < 1.29 is 13.2 Å². The van der Waals surface area contributed by atoms with Crippen LogP contribution in [-0.4, -0.2) is 5.75 Å². The summed E-state index contributed by atoms with van der Waals surface area (Å²) in [6.07, 6.45) is 0. The highest BCUT2D eigenvalue weighted by molar-refractivity contribution is 7.99. The number of nitrogens with zero attached hydrogens (tertiary/aromatic N) is 1. The largest absolute Gasteiger partial charge is 0.352 e. The van der Waals surface area contributed by atoms with Gasteiger partial charge >= 0.3 is 0 Å². The number of nitriles is 1. The first-order chi connectivity index (χ1) is 10.1. The van der Waals surface area contributed by atoms with Crippen LogP contribution in [0, 0.1) is 28.8 Å². The molecule has 108 valence electrons. The molecule has 0 saturated carbocycles. The zero-order valence-corrected chi connectivity index (χ0v) is 11.9. The van der Waals surface area contributed by atoms with E-state index in [1.807, 2.05) is 13.0 Å². The van der Waals surface area contributed by atoms with Crippen molar-refractivity contribution in [2.24, 2.45) is 0 Å². The van der Waals surface area contributed by atoms with E-state index in [2.05, 4.69) is 5.32 Å². The fourth-order valence-corrected chi connectivity index (χ4v) is 2.58. The maximum atomic E-state index is 13.6. The topological polar surface area (TPSA) is 35.8 Å². The second kappa shape index (κ2) is 6.55. The van der Waals surface area contributed by atoms with E-state index in [-0.39, 0.29) is 5.69 Å². The summed E-state index contributed by atoms with van der Waals surface area (Å²) in [6, 6.07) is 8.30. The van der Waals surface area contributed by atoms with E-state index in [1.165, 1.54) is 11.8 Å². The predicted octanol–water partition coefficient (Wildman–Crippen LogP) is 4.83. The van der Waals surface area contributed by atoms with Crippen LogP contribution in [0.2, 0.25) is 0 Å². The number of halogens is 3. The van der Waals surface area contributed by atoms with Crippen LogP contribution in [0.5, 0.6) is 0 Å². The van der Waals surface area contributed by atoms with E-state index >= 15 is 0 Å². The molecule has 0 saturated heterocycles. The van der Waals surface area contributed by atoms with Gasteiger partial charge in [-0.3, -0.25) is 0 Å². The summed E-state index contributed by atoms with van der Waals surface area (Å²) >= 11 is 1.47. The summed E-state index contributed by atoms with van der Waals surface area (Å²) in [7, 11) is 0. The summed E-state index contributed by atoms with van der Waals surface area (Å²) in [5.41, 5.74) is 0.471. The van der Waals surface area contributed by atoms with Crippen LogP contribution in [0.4, 0.5) is 24.5 Å². The van der Waals surface area contributed by atoms with Gasteiger partial charge in [0.15, 0.2) is 11.6 Å². The standard InChI is InChI=1S/C15H11F3N2S/c1-2-21-15-5-3-4-13(9(15)8-19)20-14-7-11(17)10(16)6-12(14)18/h3-7,20H,2H2,1H3. The minimum absolute atomic E-state index is 0.218. The third-order valence-electron chi connectivity index (χ3n) is 2.72. The lowest BCUT2D eigenvalue weighted by Crippen LogP contribution is -1.99. The van der Waals surface area contributed by atoms with Gasteiger partial charge in [0.25, 0.3) is 0 Å². The van der Waals surface area contributed by atoms with Crippen LogP contribution >= 0.6 is 11.8 Å². The van der Waals surface area contributed by atoms with E-state index in [0.29, 0.717) is 17.3 Å². The highest BCUT2D eigenvalue weighted by Gasteiger charge is 2.13. The van der Waals surface area contributed by atoms with Crippen molar-refractivity contribution in [3.63, 3.8) is 0 Å². The molecule has 0 fully saturated rings. The average Bonchev–Trinajstić information content (AvgIpc) is 2.45. The molecular formula is C15H11F3N2S. The fraction of sp³-hybridized carbons (Fsp3) is 0.133. The summed E-state index contributed by atoms with van der Waals surface area (Å²) in [4.78, 5) is 0.744. The molecule has 0 atom stereocenters. The van der Waals surface area contributed by atoms with Crippen LogP contribution < -0.4 is 5.32 Å². The first-order valence-corrected chi connectivity index (χ1v) is 7.12. The molecule has 2 aromatic carbocycles. The van der Waals surface area contributed by atoms with Gasteiger partial charge in [0.05, 0.1) is 16.9 Å². The van der Waals surface area contributed by atoms with Crippen molar-refractivity contribution in [3.8, 4) is 6.07 Å². The molecule has 1 N–H and O–H groups in total. The molecule has 0 bridgehead atoms. The molecule has 0 heterocycles. The van der Waals surface area contributed by atoms with Crippen LogP contribution in [0.25, 0.3) is 0 Å². The smallest absolute Gasteiger partial charge is 0.161 e. The zero-order valence-electron chi connectivity index (χ0n) is 11.1. The Labute approximate surface area is 124 Å². The van der Waals surface area contributed by atoms with Crippen LogP contribution in [0.15, 0.2) is 35.2 Å². The van der Waals surface area contributed by atoms with Gasteiger partial charge in [-0.1, -0.05) is 13.0 Å². The maximum Gasteiger partial charge on any atom is 0.161 e. The van der Waals surface area contributed by atoms with Crippen molar-refractivity contribution in [1.82, 2.24) is 0 Å². The molecular weight excluding hydrogens is 297 g/mol. The Morgan fingerprint density at radius 2 is 1.81 bits per heavy atom. The van der Waals surface area contributed by atoms with Gasteiger partial charge in [0, 0.05) is 17.0 Å². The number of hydrogen-bond donors (Lipinski definition) is 1.